The second-order valence-electron chi connectivity index (χ2n) is 18.6. The van der Waals surface area contributed by atoms with Crippen LogP contribution in [0.25, 0.3) is 0 Å². The van der Waals surface area contributed by atoms with Crippen molar-refractivity contribution >= 4 is 47.6 Å². The Bertz CT molecular complexity index is 1980. The molecule has 8 atom stereocenters. The highest BCUT2D eigenvalue weighted by Crippen LogP contribution is 2.25. The molecule has 0 unspecified atom stereocenters. The Morgan fingerprint density at radius 3 is 1.57 bits per heavy atom. The number of carboxylic acids is 1. The summed E-state index contributed by atoms with van der Waals surface area (Å²) in [4.78, 5) is 112. The summed E-state index contributed by atoms with van der Waals surface area (Å²) in [6, 6.07) is 13.6. The fourth-order valence-electron chi connectivity index (χ4n) is 7.87. The minimum absolute atomic E-state index is 0.0695. The highest BCUT2D eigenvalue weighted by molar-refractivity contribution is 5.93. The molecular formula is C50H72N4O13. The monoisotopic (exact) mass is 937 g/mol. The number of esters is 4. The van der Waals surface area contributed by atoms with Gasteiger partial charge >= 0.3 is 29.8 Å². The lowest BCUT2D eigenvalue weighted by Gasteiger charge is -2.34. The molecule has 17 nitrogen and oxygen atoms in total. The van der Waals surface area contributed by atoms with E-state index in [4.69, 9.17) is 18.9 Å². The largest absolute Gasteiger partial charge is 0.479 e. The van der Waals surface area contributed by atoms with E-state index in [-0.39, 0.29) is 56.4 Å². The van der Waals surface area contributed by atoms with Crippen LogP contribution in [-0.4, -0.2) is 144 Å². The molecule has 0 aromatic heterocycles. The van der Waals surface area contributed by atoms with Gasteiger partial charge in [0.1, 0.15) is 24.2 Å². The van der Waals surface area contributed by atoms with Crippen LogP contribution in [-0.2, 0) is 70.1 Å². The number of hydrogen-bond acceptors (Lipinski definition) is 13. The van der Waals surface area contributed by atoms with E-state index in [1.165, 1.54) is 32.8 Å². The zero-order chi connectivity index (χ0) is 50.1. The van der Waals surface area contributed by atoms with Gasteiger partial charge < -0.3 is 44.1 Å². The first-order chi connectivity index (χ1) is 31.5. The molecule has 1 heterocycles. The molecule has 2 aromatic rings. The second-order valence-corrected chi connectivity index (χ2v) is 18.6. The predicted molar refractivity (Wildman–Crippen MR) is 248 cm³/mol. The molecule has 2 N–H and O–H groups in total. The van der Waals surface area contributed by atoms with Crippen LogP contribution in [0.5, 0.6) is 0 Å². The number of nitrogens with zero attached hydrogens (tertiary/aromatic N) is 3. The van der Waals surface area contributed by atoms with E-state index in [1.54, 1.807) is 37.4 Å². The lowest BCUT2D eigenvalue weighted by atomic mass is 10.0. The third-order valence-corrected chi connectivity index (χ3v) is 11.6. The summed E-state index contributed by atoms with van der Waals surface area (Å²) in [5.74, 6) is -6.85. The maximum Gasteiger partial charge on any atom is 0.344 e. The van der Waals surface area contributed by atoms with Crippen molar-refractivity contribution in [3.8, 4) is 0 Å². The minimum atomic E-state index is -1.48. The van der Waals surface area contributed by atoms with Crippen LogP contribution in [0.4, 0.5) is 0 Å². The molecular weight excluding hydrogens is 865 g/mol. The Balaban J connectivity index is 1.85. The van der Waals surface area contributed by atoms with Crippen LogP contribution in [0.15, 0.2) is 60.7 Å². The van der Waals surface area contributed by atoms with Gasteiger partial charge in [0.2, 0.25) is 0 Å². The molecule has 1 aliphatic rings. The van der Waals surface area contributed by atoms with Crippen LogP contribution in [0, 0.1) is 17.8 Å². The Morgan fingerprint density at radius 2 is 1.09 bits per heavy atom. The van der Waals surface area contributed by atoms with Crippen molar-refractivity contribution in [1.82, 2.24) is 20.0 Å². The number of ether oxygens (including phenoxy) is 4. The maximum absolute atomic E-state index is 14.3. The average Bonchev–Trinajstić information content (AvgIpc) is 3.78. The lowest BCUT2D eigenvalue weighted by molar-refractivity contribution is -0.174. The molecule has 0 aliphatic carbocycles. The normalized spacial score (nSPS) is 16.8. The summed E-state index contributed by atoms with van der Waals surface area (Å²) in [6.07, 6.45) is -4.27. The SMILES string of the molecule is CN[C@@H](CC(C)C)C(=O)O[C@H](Cc1ccccc1)C(=O)N1CCC[C@H]1C(=O)O[C@H](C)C(=O)N(C)[C@@H](CC(C)C)C(=O)O[C@H](Cc1ccccc1)C(=O)N(C)[C@@H](CC(C)C)C(=O)O[C@H](C)C(=O)O. The van der Waals surface area contributed by atoms with Crippen LogP contribution in [0.2, 0.25) is 0 Å². The van der Waals surface area contributed by atoms with Crippen molar-refractivity contribution in [3.63, 3.8) is 0 Å². The molecule has 3 rings (SSSR count). The fraction of sp³-hybridized carbons (Fsp3) is 0.600. The zero-order valence-corrected chi connectivity index (χ0v) is 41.0. The smallest absolute Gasteiger partial charge is 0.344 e. The minimum Gasteiger partial charge on any atom is -0.479 e. The van der Waals surface area contributed by atoms with Gasteiger partial charge in [0.05, 0.1) is 0 Å². The highest BCUT2D eigenvalue weighted by atomic mass is 16.6. The van der Waals surface area contributed by atoms with Gasteiger partial charge in [0.25, 0.3) is 17.7 Å². The van der Waals surface area contributed by atoms with Gasteiger partial charge in [-0.3, -0.25) is 19.2 Å². The molecule has 0 bridgehead atoms. The molecule has 1 fully saturated rings. The number of benzene rings is 2. The topological polar surface area (TPSA) is 215 Å². The summed E-state index contributed by atoms with van der Waals surface area (Å²) in [5, 5.41) is 12.3. The van der Waals surface area contributed by atoms with E-state index in [9.17, 15) is 43.5 Å². The fourth-order valence-corrected chi connectivity index (χ4v) is 7.87. The Morgan fingerprint density at radius 1 is 0.627 bits per heavy atom. The van der Waals surface area contributed by atoms with Crippen molar-refractivity contribution < 1.29 is 62.4 Å². The molecule has 0 spiro atoms. The molecule has 17 heteroatoms. The molecule has 0 radical (unpaired) electrons. The zero-order valence-electron chi connectivity index (χ0n) is 41.0. The summed E-state index contributed by atoms with van der Waals surface area (Å²) < 4.78 is 22.8. The first-order valence-corrected chi connectivity index (χ1v) is 23.2. The summed E-state index contributed by atoms with van der Waals surface area (Å²) >= 11 is 0. The second kappa shape index (κ2) is 26.5. The molecule has 1 aliphatic heterocycles. The summed E-state index contributed by atoms with van der Waals surface area (Å²) in [5.41, 5.74) is 1.38. The first kappa shape index (κ1) is 55.5. The van der Waals surface area contributed by atoms with E-state index in [0.29, 0.717) is 18.4 Å². The van der Waals surface area contributed by atoms with Crippen LogP contribution < -0.4 is 5.32 Å². The van der Waals surface area contributed by atoms with E-state index in [1.807, 2.05) is 71.9 Å². The van der Waals surface area contributed by atoms with Gasteiger partial charge in [-0.2, -0.15) is 0 Å². The number of carboxylic acid groups (broad SMARTS) is 1. The number of hydrogen-bond donors (Lipinski definition) is 2. The van der Waals surface area contributed by atoms with Gasteiger partial charge in [-0.25, -0.2) is 19.2 Å². The van der Waals surface area contributed by atoms with E-state index in [0.717, 1.165) is 15.4 Å². The molecule has 1 saturated heterocycles. The van der Waals surface area contributed by atoms with Crippen molar-refractivity contribution in [2.24, 2.45) is 17.8 Å². The van der Waals surface area contributed by atoms with E-state index in [2.05, 4.69) is 5.32 Å². The van der Waals surface area contributed by atoms with Crippen molar-refractivity contribution in [2.45, 2.75) is 149 Å². The van der Waals surface area contributed by atoms with Crippen LogP contribution >= 0.6 is 0 Å². The Hall–Kier alpha value is -5.84. The highest BCUT2D eigenvalue weighted by Gasteiger charge is 2.43. The molecule has 67 heavy (non-hydrogen) atoms. The van der Waals surface area contributed by atoms with Crippen molar-refractivity contribution in [2.75, 3.05) is 27.7 Å². The number of aliphatic carboxylic acids is 1. The first-order valence-electron chi connectivity index (χ1n) is 23.2. The van der Waals surface area contributed by atoms with Crippen LogP contribution in [0.1, 0.15) is 98.6 Å². The lowest BCUT2D eigenvalue weighted by Crippen LogP contribution is -2.53. The van der Waals surface area contributed by atoms with Gasteiger partial charge in [-0.1, -0.05) is 102 Å². The van der Waals surface area contributed by atoms with Gasteiger partial charge in [-0.05, 0) is 81.9 Å². The Labute approximate surface area is 395 Å². The Kier molecular flexibility index (Phi) is 21.9. The number of likely N-dealkylation sites (N-methyl/N-ethyl adjacent to an activating group) is 3. The van der Waals surface area contributed by atoms with Crippen molar-refractivity contribution in [3.05, 3.63) is 71.8 Å². The maximum atomic E-state index is 14.3. The molecule has 2 aromatic carbocycles. The number of amides is 3. The average molecular weight is 937 g/mol. The van der Waals surface area contributed by atoms with E-state index < -0.39 is 96.2 Å². The number of nitrogens with one attached hydrogen (secondary N) is 1. The third kappa shape index (κ3) is 16.8. The van der Waals surface area contributed by atoms with E-state index >= 15 is 0 Å². The predicted octanol–water partition coefficient (Wildman–Crippen LogP) is 4.61. The van der Waals surface area contributed by atoms with Gasteiger partial charge in [0.15, 0.2) is 24.4 Å². The molecule has 370 valence electrons. The number of carbonyl (C=O) groups is 8. The number of carbonyl (C=O) groups excluding carboxylic acids is 7. The van der Waals surface area contributed by atoms with Crippen LogP contribution in [0.3, 0.4) is 0 Å². The van der Waals surface area contributed by atoms with Gasteiger partial charge in [-0.15, -0.1) is 0 Å². The third-order valence-electron chi connectivity index (χ3n) is 11.6. The summed E-state index contributed by atoms with van der Waals surface area (Å²) in [7, 11) is 4.37. The number of likely N-dealkylation sites (tertiary alicyclic amines) is 1. The molecule has 3 amide bonds. The van der Waals surface area contributed by atoms with Gasteiger partial charge in [0, 0.05) is 33.5 Å². The standard InChI is InChI=1S/C50H72N4O13/c1-30(2)25-37(51-9)47(60)66-42(29-36-21-16-13-17-22-36)45(57)54-24-18-23-38(54)48(61)64-33(7)43(55)52(10)40(27-32(5)6)50(63)67-41(28-35-19-14-12-15-20-35)44(56)53(11)39(26-31(3)4)49(62)65-34(8)46(58)59/h12-17,19-22,30-34,37-42,51H,18,23-29H2,1-11H3,(H,58,59)/t33-,34-,37+,38+,39+,40+,41-,42-/m1/s1. The number of rotatable bonds is 25. The molecule has 0 saturated carbocycles. The van der Waals surface area contributed by atoms with Crippen molar-refractivity contribution in [1.29, 1.82) is 0 Å². The quantitative estimate of drug-likeness (QED) is 0.103. The summed E-state index contributed by atoms with van der Waals surface area (Å²) in [6.45, 7) is 14.0.